The lowest BCUT2D eigenvalue weighted by molar-refractivity contribution is 0.0597. The lowest BCUT2D eigenvalue weighted by Gasteiger charge is -2.11. The van der Waals surface area contributed by atoms with E-state index in [0.717, 1.165) is 17.4 Å². The number of phenols is 1. The largest absolute Gasteiger partial charge is 0.507 e. The van der Waals surface area contributed by atoms with E-state index in [1.165, 1.54) is 30.2 Å². The van der Waals surface area contributed by atoms with Crippen LogP contribution >= 0.6 is 22.9 Å². The number of hydrogen-bond donors (Lipinski definition) is 2. The summed E-state index contributed by atoms with van der Waals surface area (Å²) in [5.74, 6) is -1.37. The normalized spacial score (nSPS) is 11.1. The first-order valence-corrected chi connectivity index (χ1v) is 11.8. The van der Waals surface area contributed by atoms with Gasteiger partial charge in [0.05, 0.1) is 12.8 Å². The summed E-state index contributed by atoms with van der Waals surface area (Å²) >= 11 is 7.17. The molecule has 8 nitrogen and oxygen atoms in total. The average molecular weight is 495 g/mol. The number of sulfonamides is 1. The zero-order valence-electron chi connectivity index (χ0n) is 17.2. The fraction of sp³-hybridized carbons (Fsp3) is 0.143. The van der Waals surface area contributed by atoms with Crippen LogP contribution in [0.15, 0.2) is 52.7 Å². The molecule has 3 rings (SSSR count). The molecule has 1 aromatic heterocycles. The Balaban J connectivity index is 1.91. The first-order valence-electron chi connectivity index (χ1n) is 9.09. The average Bonchev–Trinajstić information content (AvgIpc) is 3.15. The van der Waals surface area contributed by atoms with E-state index in [9.17, 15) is 23.1 Å². The molecule has 0 aliphatic carbocycles. The van der Waals surface area contributed by atoms with Crippen LogP contribution in [0.4, 0.5) is 5.69 Å². The number of methoxy groups -OCH3 is 1. The molecule has 2 aromatic carbocycles. The van der Waals surface area contributed by atoms with Crippen LogP contribution < -0.4 is 4.72 Å². The molecule has 11 heteroatoms. The molecule has 0 spiro atoms. The molecule has 0 saturated heterocycles. The van der Waals surface area contributed by atoms with Gasteiger partial charge in [0, 0.05) is 31.3 Å². The van der Waals surface area contributed by atoms with Gasteiger partial charge in [-0.1, -0.05) is 23.7 Å². The Morgan fingerprint density at radius 1 is 1.12 bits per heavy atom. The van der Waals surface area contributed by atoms with E-state index >= 15 is 0 Å². The molecular weight excluding hydrogens is 476 g/mol. The topological polar surface area (TPSA) is 113 Å². The number of benzene rings is 2. The summed E-state index contributed by atoms with van der Waals surface area (Å²) in [6.07, 6.45) is 0. The molecule has 3 aromatic rings. The van der Waals surface area contributed by atoms with Crippen molar-refractivity contribution in [1.82, 2.24) is 4.90 Å². The van der Waals surface area contributed by atoms with E-state index in [2.05, 4.69) is 9.46 Å². The van der Waals surface area contributed by atoms with Gasteiger partial charge in [0.15, 0.2) is 0 Å². The molecule has 0 bridgehead atoms. The molecule has 0 radical (unpaired) electrons. The lowest BCUT2D eigenvalue weighted by atomic mass is 10.1. The second-order valence-electron chi connectivity index (χ2n) is 6.86. The number of esters is 1. The summed E-state index contributed by atoms with van der Waals surface area (Å²) in [4.78, 5) is 25.2. The summed E-state index contributed by atoms with van der Waals surface area (Å²) in [6.45, 7) is 0. The molecule has 0 atom stereocenters. The van der Waals surface area contributed by atoms with Crippen molar-refractivity contribution in [3.63, 3.8) is 0 Å². The minimum atomic E-state index is -4.04. The molecule has 2 N–H and O–H groups in total. The molecule has 0 saturated carbocycles. The SMILES string of the molecule is COC(=O)c1ccc(NS(=O)(=O)c2cc(-c3cccc(C(=O)N(C)C)c3)c(Cl)s2)cc1O. The van der Waals surface area contributed by atoms with Crippen LogP contribution in [0.3, 0.4) is 0 Å². The number of nitrogens with zero attached hydrogens (tertiary/aromatic N) is 1. The molecule has 0 unspecified atom stereocenters. The highest BCUT2D eigenvalue weighted by atomic mass is 35.5. The number of phenolic OH excluding ortho intramolecular Hbond substituents is 1. The van der Waals surface area contributed by atoms with Crippen LogP contribution in [0.5, 0.6) is 5.75 Å². The number of halogens is 1. The minimum Gasteiger partial charge on any atom is -0.507 e. The molecule has 1 amide bonds. The Hall–Kier alpha value is -3.08. The van der Waals surface area contributed by atoms with Crippen molar-refractivity contribution in [2.45, 2.75) is 4.21 Å². The smallest absolute Gasteiger partial charge is 0.341 e. The summed E-state index contributed by atoms with van der Waals surface area (Å²) in [5, 5.41) is 9.98. The summed E-state index contributed by atoms with van der Waals surface area (Å²) < 4.78 is 32.8. The molecular formula is C21H19ClN2O6S2. The van der Waals surface area contributed by atoms with Gasteiger partial charge in [-0.2, -0.15) is 0 Å². The van der Waals surface area contributed by atoms with Gasteiger partial charge < -0.3 is 14.7 Å². The third-order valence-electron chi connectivity index (χ3n) is 4.41. The zero-order valence-corrected chi connectivity index (χ0v) is 19.6. The molecule has 0 fully saturated rings. The number of aromatic hydroxyl groups is 1. The van der Waals surface area contributed by atoms with Crippen LogP contribution in [0.2, 0.25) is 4.34 Å². The first-order chi connectivity index (χ1) is 15.0. The number of rotatable bonds is 6. The Bertz CT molecular complexity index is 1300. The first kappa shape index (κ1) is 23.6. The number of anilines is 1. The van der Waals surface area contributed by atoms with Crippen LogP contribution in [0.1, 0.15) is 20.7 Å². The number of ether oxygens (including phenoxy) is 1. The number of carbonyl (C=O) groups is 2. The highest BCUT2D eigenvalue weighted by Gasteiger charge is 2.22. The van der Waals surface area contributed by atoms with Gasteiger partial charge in [-0.3, -0.25) is 9.52 Å². The van der Waals surface area contributed by atoms with Gasteiger partial charge >= 0.3 is 5.97 Å². The predicted molar refractivity (Wildman–Crippen MR) is 123 cm³/mol. The van der Waals surface area contributed by atoms with Crippen LogP contribution in [-0.4, -0.2) is 51.5 Å². The van der Waals surface area contributed by atoms with Crippen LogP contribution in [-0.2, 0) is 14.8 Å². The monoisotopic (exact) mass is 494 g/mol. The van der Waals surface area contributed by atoms with Crippen molar-refractivity contribution in [1.29, 1.82) is 0 Å². The Labute approximate surface area is 194 Å². The van der Waals surface area contributed by atoms with E-state index in [1.807, 2.05) is 0 Å². The van der Waals surface area contributed by atoms with Crippen molar-refractivity contribution in [3.8, 4) is 16.9 Å². The van der Waals surface area contributed by atoms with Gasteiger partial charge in [0.25, 0.3) is 15.9 Å². The van der Waals surface area contributed by atoms with Gasteiger partial charge in [-0.05, 0) is 35.9 Å². The number of amides is 1. The third-order valence-corrected chi connectivity index (χ3v) is 7.62. The highest BCUT2D eigenvalue weighted by molar-refractivity contribution is 7.94. The number of thiophene rings is 1. The van der Waals surface area contributed by atoms with Crippen molar-refractivity contribution in [2.24, 2.45) is 0 Å². The summed E-state index contributed by atoms with van der Waals surface area (Å²) in [6, 6.07) is 11.8. The fourth-order valence-corrected chi connectivity index (χ4v) is 5.65. The van der Waals surface area contributed by atoms with Gasteiger partial charge in [-0.25, -0.2) is 13.2 Å². The van der Waals surface area contributed by atoms with Gasteiger partial charge in [0.1, 0.15) is 19.9 Å². The third kappa shape index (κ3) is 4.87. The van der Waals surface area contributed by atoms with Crippen molar-refractivity contribution in [2.75, 3.05) is 25.9 Å². The Kier molecular flexibility index (Phi) is 6.77. The van der Waals surface area contributed by atoms with E-state index in [4.69, 9.17) is 11.6 Å². The lowest BCUT2D eigenvalue weighted by Crippen LogP contribution is -2.21. The Morgan fingerprint density at radius 3 is 2.47 bits per heavy atom. The Morgan fingerprint density at radius 2 is 1.84 bits per heavy atom. The molecule has 168 valence electrons. The quantitative estimate of drug-likeness (QED) is 0.499. The maximum atomic E-state index is 12.9. The van der Waals surface area contributed by atoms with Crippen molar-refractivity contribution < 1.29 is 27.9 Å². The van der Waals surface area contributed by atoms with Crippen LogP contribution in [0.25, 0.3) is 11.1 Å². The maximum absolute atomic E-state index is 12.9. The van der Waals surface area contributed by atoms with E-state index in [1.54, 1.807) is 38.4 Å². The second kappa shape index (κ2) is 9.19. The van der Waals surface area contributed by atoms with Crippen molar-refractivity contribution >= 4 is 50.5 Å². The van der Waals surface area contributed by atoms with E-state index < -0.39 is 21.7 Å². The van der Waals surface area contributed by atoms with E-state index in [0.29, 0.717) is 16.7 Å². The maximum Gasteiger partial charge on any atom is 0.341 e. The molecule has 32 heavy (non-hydrogen) atoms. The molecule has 0 aliphatic rings. The molecule has 1 heterocycles. The zero-order chi connectivity index (χ0) is 23.6. The minimum absolute atomic E-state index is 0.0554. The highest BCUT2D eigenvalue weighted by Crippen LogP contribution is 2.39. The summed E-state index contributed by atoms with van der Waals surface area (Å²) in [5.41, 5.74) is 1.47. The standard InChI is InChI=1S/C21H19ClN2O6S2/c1-24(2)20(26)13-6-4-5-12(9-13)16-11-18(31-19(16)22)32(28,29)23-14-7-8-15(17(25)10-14)21(27)30-3/h4-11,23,25H,1-3H3. The fourth-order valence-electron chi connectivity index (χ4n) is 2.84. The second-order valence-corrected chi connectivity index (χ2v) is 10.4. The number of hydrogen-bond acceptors (Lipinski definition) is 7. The van der Waals surface area contributed by atoms with Crippen LogP contribution in [0, 0.1) is 0 Å². The number of carbonyl (C=O) groups excluding carboxylic acids is 2. The molecule has 0 aliphatic heterocycles. The number of nitrogens with one attached hydrogen (secondary N) is 1. The van der Waals surface area contributed by atoms with E-state index in [-0.39, 0.29) is 25.7 Å². The van der Waals surface area contributed by atoms with Crippen molar-refractivity contribution in [3.05, 3.63) is 64.0 Å². The predicted octanol–water partition coefficient (Wildman–Crippen LogP) is 4.06. The van der Waals surface area contributed by atoms with Gasteiger partial charge in [-0.15, -0.1) is 11.3 Å². The summed E-state index contributed by atoms with van der Waals surface area (Å²) in [7, 11) is 0.407. The van der Waals surface area contributed by atoms with Gasteiger partial charge in [0.2, 0.25) is 0 Å².